The van der Waals surface area contributed by atoms with Gasteiger partial charge in [-0.05, 0) is 33.6 Å². The second-order valence-corrected chi connectivity index (χ2v) is 5.73. The lowest BCUT2D eigenvalue weighted by Crippen LogP contribution is -2.52. The van der Waals surface area contributed by atoms with E-state index in [1.54, 1.807) is 20.8 Å². The van der Waals surface area contributed by atoms with E-state index in [1.807, 2.05) is 0 Å². The minimum atomic E-state index is -0.847. The highest BCUT2D eigenvalue weighted by molar-refractivity contribution is 5.84. The molecule has 1 fully saturated rings. The van der Waals surface area contributed by atoms with Gasteiger partial charge in [0.1, 0.15) is 0 Å². The first kappa shape index (κ1) is 14.0. The number of amides is 1. The molecule has 0 aromatic carbocycles. The zero-order valence-corrected chi connectivity index (χ0v) is 10.7. The van der Waals surface area contributed by atoms with Crippen LogP contribution < -0.4 is 11.1 Å². The summed E-state index contributed by atoms with van der Waals surface area (Å²) in [5.74, 6) is -1.01. The van der Waals surface area contributed by atoms with E-state index in [9.17, 15) is 14.7 Å². The third kappa shape index (κ3) is 2.60. The quantitative estimate of drug-likeness (QED) is 0.677. The number of aliphatic carboxylic acids is 1. The molecule has 0 aromatic rings. The topological polar surface area (TPSA) is 92.4 Å². The van der Waals surface area contributed by atoms with Crippen LogP contribution in [0.25, 0.3) is 0 Å². The molecular weight excluding hydrogens is 220 g/mol. The Morgan fingerprint density at radius 2 is 2.12 bits per heavy atom. The summed E-state index contributed by atoms with van der Waals surface area (Å²) in [5.41, 5.74) is 4.03. The molecule has 1 rings (SSSR count). The highest BCUT2D eigenvalue weighted by atomic mass is 16.4. The van der Waals surface area contributed by atoms with Crippen molar-refractivity contribution < 1.29 is 14.7 Å². The zero-order chi connectivity index (χ0) is 13.3. The molecule has 5 heteroatoms. The van der Waals surface area contributed by atoms with Crippen LogP contribution in [0.2, 0.25) is 0 Å². The van der Waals surface area contributed by atoms with Crippen LogP contribution in [0.4, 0.5) is 0 Å². The Balaban J connectivity index is 2.75. The van der Waals surface area contributed by atoms with Gasteiger partial charge in [-0.25, -0.2) is 0 Å². The molecule has 98 valence electrons. The summed E-state index contributed by atoms with van der Waals surface area (Å²) in [6.07, 6.45) is 2.16. The summed E-state index contributed by atoms with van der Waals surface area (Å²) in [4.78, 5) is 23.2. The predicted octanol–water partition coefficient (Wildman–Crippen LogP) is 0.731. The minimum absolute atomic E-state index is 0.167. The van der Waals surface area contributed by atoms with E-state index < -0.39 is 16.8 Å². The summed E-state index contributed by atoms with van der Waals surface area (Å²) in [7, 11) is 0. The summed E-state index contributed by atoms with van der Waals surface area (Å²) in [5, 5.41) is 12.1. The largest absolute Gasteiger partial charge is 0.481 e. The van der Waals surface area contributed by atoms with Crippen LogP contribution in [0.1, 0.15) is 40.0 Å². The van der Waals surface area contributed by atoms with Crippen LogP contribution in [0, 0.1) is 10.8 Å². The maximum atomic E-state index is 12.0. The van der Waals surface area contributed by atoms with Crippen molar-refractivity contribution in [1.29, 1.82) is 0 Å². The van der Waals surface area contributed by atoms with Crippen molar-refractivity contribution in [3.63, 3.8) is 0 Å². The van der Waals surface area contributed by atoms with Crippen LogP contribution in [-0.2, 0) is 9.59 Å². The van der Waals surface area contributed by atoms with Crippen molar-refractivity contribution in [2.75, 3.05) is 6.54 Å². The maximum Gasteiger partial charge on any atom is 0.311 e. The van der Waals surface area contributed by atoms with Gasteiger partial charge in [-0.15, -0.1) is 0 Å². The Morgan fingerprint density at radius 3 is 2.59 bits per heavy atom. The van der Waals surface area contributed by atoms with Gasteiger partial charge in [0.2, 0.25) is 5.91 Å². The third-order valence-electron chi connectivity index (χ3n) is 3.88. The maximum absolute atomic E-state index is 12.0. The smallest absolute Gasteiger partial charge is 0.311 e. The number of hydrogen-bond acceptors (Lipinski definition) is 3. The van der Waals surface area contributed by atoms with Crippen molar-refractivity contribution in [2.45, 2.75) is 46.1 Å². The van der Waals surface area contributed by atoms with Crippen molar-refractivity contribution in [3.05, 3.63) is 0 Å². The van der Waals surface area contributed by atoms with Gasteiger partial charge in [-0.3, -0.25) is 9.59 Å². The molecular formula is C12H22N2O3. The number of rotatable bonds is 4. The molecule has 5 nitrogen and oxygen atoms in total. The van der Waals surface area contributed by atoms with Crippen LogP contribution in [0.15, 0.2) is 0 Å². The number of hydrogen-bond donors (Lipinski definition) is 3. The molecule has 0 aromatic heterocycles. The molecule has 1 saturated carbocycles. The molecule has 0 heterocycles. The number of carbonyl (C=O) groups excluding carboxylic acids is 1. The van der Waals surface area contributed by atoms with Gasteiger partial charge in [0.05, 0.1) is 10.8 Å². The Bertz CT molecular complexity index is 328. The lowest BCUT2D eigenvalue weighted by Gasteiger charge is -2.31. The second-order valence-electron chi connectivity index (χ2n) is 5.73. The zero-order valence-electron chi connectivity index (χ0n) is 10.7. The Kier molecular flexibility index (Phi) is 3.81. The van der Waals surface area contributed by atoms with Crippen molar-refractivity contribution >= 4 is 11.9 Å². The van der Waals surface area contributed by atoms with Gasteiger partial charge in [0, 0.05) is 12.6 Å². The van der Waals surface area contributed by atoms with Gasteiger partial charge >= 0.3 is 5.97 Å². The van der Waals surface area contributed by atoms with Gasteiger partial charge in [-0.1, -0.05) is 6.42 Å². The number of carbonyl (C=O) groups is 2. The van der Waals surface area contributed by atoms with E-state index in [1.165, 1.54) is 0 Å². The molecule has 0 radical (unpaired) electrons. The van der Waals surface area contributed by atoms with Crippen molar-refractivity contribution in [1.82, 2.24) is 5.32 Å². The second kappa shape index (κ2) is 4.64. The first-order valence-electron chi connectivity index (χ1n) is 5.98. The van der Waals surface area contributed by atoms with E-state index >= 15 is 0 Å². The first-order valence-corrected chi connectivity index (χ1v) is 5.98. The third-order valence-corrected chi connectivity index (χ3v) is 3.88. The SMILES string of the molecule is CC(C)(CN)C(=O)NC1CCCC1(C)C(=O)O. The molecule has 0 spiro atoms. The predicted molar refractivity (Wildman–Crippen MR) is 64.4 cm³/mol. The average Bonchev–Trinajstić information content (AvgIpc) is 2.61. The van der Waals surface area contributed by atoms with Crippen LogP contribution in [-0.4, -0.2) is 29.6 Å². The average molecular weight is 242 g/mol. The number of carboxylic acid groups (broad SMARTS) is 1. The lowest BCUT2D eigenvalue weighted by molar-refractivity contribution is -0.149. The highest BCUT2D eigenvalue weighted by Gasteiger charge is 2.46. The van der Waals surface area contributed by atoms with Gasteiger partial charge in [0.25, 0.3) is 0 Å². The fourth-order valence-corrected chi connectivity index (χ4v) is 2.10. The molecule has 1 aliphatic rings. The van der Waals surface area contributed by atoms with Crippen molar-refractivity contribution in [2.24, 2.45) is 16.6 Å². The van der Waals surface area contributed by atoms with E-state index in [2.05, 4.69) is 5.32 Å². The first-order chi connectivity index (χ1) is 7.74. The van der Waals surface area contributed by atoms with Gasteiger partial charge in [0.15, 0.2) is 0 Å². The van der Waals surface area contributed by atoms with E-state index in [4.69, 9.17) is 5.73 Å². The highest BCUT2D eigenvalue weighted by Crippen LogP contribution is 2.38. The molecule has 0 saturated heterocycles. The molecule has 1 amide bonds. The fraction of sp³-hybridized carbons (Fsp3) is 0.833. The van der Waals surface area contributed by atoms with Crippen LogP contribution >= 0.6 is 0 Å². The monoisotopic (exact) mass is 242 g/mol. The summed E-state index contributed by atoms with van der Waals surface area (Å²) in [6.45, 7) is 5.46. The standard InChI is InChI=1S/C12H22N2O3/c1-11(2,7-13)9(15)14-8-5-4-6-12(8,3)10(16)17/h8H,4-7,13H2,1-3H3,(H,14,15)(H,16,17). The summed E-state index contributed by atoms with van der Waals surface area (Å²) < 4.78 is 0. The molecule has 1 aliphatic carbocycles. The Hall–Kier alpha value is -1.10. The number of carboxylic acids is 1. The van der Waals surface area contributed by atoms with E-state index in [0.29, 0.717) is 6.42 Å². The minimum Gasteiger partial charge on any atom is -0.481 e. The van der Waals surface area contributed by atoms with Crippen LogP contribution in [0.3, 0.4) is 0 Å². The molecule has 17 heavy (non-hydrogen) atoms. The number of nitrogens with two attached hydrogens (primary N) is 1. The number of nitrogens with one attached hydrogen (secondary N) is 1. The molecule has 4 N–H and O–H groups in total. The normalized spacial score (nSPS) is 29.1. The molecule has 2 atom stereocenters. The van der Waals surface area contributed by atoms with Gasteiger partial charge in [-0.2, -0.15) is 0 Å². The molecule has 0 aliphatic heterocycles. The van der Waals surface area contributed by atoms with E-state index in [-0.39, 0.29) is 18.5 Å². The van der Waals surface area contributed by atoms with Crippen LogP contribution in [0.5, 0.6) is 0 Å². The van der Waals surface area contributed by atoms with Crippen molar-refractivity contribution in [3.8, 4) is 0 Å². The van der Waals surface area contributed by atoms with E-state index in [0.717, 1.165) is 12.8 Å². The Labute approximate surface area is 102 Å². The fourth-order valence-electron chi connectivity index (χ4n) is 2.10. The molecule has 0 bridgehead atoms. The molecule has 2 unspecified atom stereocenters. The Morgan fingerprint density at radius 1 is 1.53 bits per heavy atom. The summed E-state index contributed by atoms with van der Waals surface area (Å²) in [6, 6.07) is -0.293. The van der Waals surface area contributed by atoms with Gasteiger partial charge < -0.3 is 16.2 Å². The summed E-state index contributed by atoms with van der Waals surface area (Å²) >= 11 is 0. The lowest BCUT2D eigenvalue weighted by atomic mass is 9.83.